The minimum absolute atomic E-state index is 0.149. The van der Waals surface area contributed by atoms with E-state index in [0.29, 0.717) is 16.0 Å². The Morgan fingerprint density at radius 3 is 2.81 bits per heavy atom. The van der Waals surface area contributed by atoms with Crippen LogP contribution in [0.5, 0.6) is 0 Å². The normalized spacial score (nSPS) is 11.0. The Balaban J connectivity index is 1.77. The number of rotatable bonds is 5. The molecule has 0 bridgehead atoms. The number of H-pyrrole nitrogens is 1. The lowest BCUT2D eigenvalue weighted by molar-refractivity contribution is 0.102. The Morgan fingerprint density at radius 1 is 1.31 bits per heavy atom. The van der Waals surface area contributed by atoms with Crippen LogP contribution in [0.25, 0.3) is 0 Å². The molecule has 6 nitrogen and oxygen atoms in total. The van der Waals surface area contributed by atoms with Crippen LogP contribution in [0, 0.1) is 11.7 Å². The number of nitrogens with zero attached hydrogens (tertiary/aromatic N) is 3. The highest BCUT2D eigenvalue weighted by molar-refractivity contribution is 7.71. The second-order valence-electron chi connectivity index (χ2n) is 5.80. The molecular weight excluding hydrogens is 346 g/mol. The fraction of sp³-hybridized carbons (Fsp3) is 0.158. The lowest BCUT2D eigenvalue weighted by Crippen LogP contribution is -2.11. The van der Waals surface area contributed by atoms with Gasteiger partial charge in [0.2, 0.25) is 4.77 Å². The summed E-state index contributed by atoms with van der Waals surface area (Å²) in [6, 6.07) is 14.9. The SMILES string of the molecule is CCc1n[nH]c(=S)n1N=Cc1cccc(NC(=O)c2ccc(C)cc2)c1. The molecular formula is C19H19N5OS. The third kappa shape index (κ3) is 4.12. The summed E-state index contributed by atoms with van der Waals surface area (Å²) < 4.78 is 2.04. The number of aryl methyl sites for hydroxylation is 2. The van der Waals surface area contributed by atoms with Gasteiger partial charge in [-0.25, -0.2) is 0 Å². The summed E-state index contributed by atoms with van der Waals surface area (Å²) in [5.74, 6) is 0.611. The number of carbonyl (C=O) groups is 1. The van der Waals surface area contributed by atoms with Crippen LogP contribution in [0.3, 0.4) is 0 Å². The van der Waals surface area contributed by atoms with Crippen molar-refractivity contribution in [2.45, 2.75) is 20.3 Å². The van der Waals surface area contributed by atoms with Crippen LogP contribution in [0.4, 0.5) is 5.69 Å². The molecule has 0 saturated heterocycles. The second-order valence-corrected chi connectivity index (χ2v) is 6.19. The summed E-state index contributed by atoms with van der Waals surface area (Å²) in [6.07, 6.45) is 2.41. The third-order valence-electron chi connectivity index (χ3n) is 3.81. The van der Waals surface area contributed by atoms with E-state index < -0.39 is 0 Å². The van der Waals surface area contributed by atoms with Crippen LogP contribution in [0.1, 0.15) is 34.2 Å². The Kier molecular flexibility index (Phi) is 5.38. The van der Waals surface area contributed by atoms with Crippen molar-refractivity contribution >= 4 is 30.0 Å². The van der Waals surface area contributed by atoms with Gasteiger partial charge in [-0.1, -0.05) is 36.8 Å². The maximum Gasteiger partial charge on any atom is 0.255 e. The zero-order valence-electron chi connectivity index (χ0n) is 14.6. The Labute approximate surface area is 156 Å². The Hall–Kier alpha value is -3.06. The Bertz CT molecular complexity index is 1000. The molecule has 0 spiro atoms. The fourth-order valence-corrected chi connectivity index (χ4v) is 2.60. The number of aromatic nitrogens is 3. The van der Waals surface area contributed by atoms with Gasteiger partial charge in [0.1, 0.15) is 0 Å². The van der Waals surface area contributed by atoms with Crippen LogP contribution in [0.15, 0.2) is 53.6 Å². The molecule has 1 aromatic heterocycles. The molecule has 3 rings (SSSR count). The maximum atomic E-state index is 12.3. The number of hydrogen-bond acceptors (Lipinski definition) is 4. The third-order valence-corrected chi connectivity index (χ3v) is 4.08. The Morgan fingerprint density at radius 2 is 2.08 bits per heavy atom. The van der Waals surface area contributed by atoms with Crippen molar-refractivity contribution in [2.24, 2.45) is 5.10 Å². The van der Waals surface area contributed by atoms with Crippen LogP contribution >= 0.6 is 12.2 Å². The van der Waals surface area contributed by atoms with Crippen molar-refractivity contribution in [3.05, 3.63) is 75.8 Å². The van der Waals surface area contributed by atoms with Crippen LogP contribution < -0.4 is 5.32 Å². The molecule has 0 aliphatic heterocycles. The molecule has 3 aromatic rings. The maximum absolute atomic E-state index is 12.3. The van der Waals surface area contributed by atoms with E-state index in [2.05, 4.69) is 20.6 Å². The van der Waals surface area contributed by atoms with E-state index in [-0.39, 0.29) is 5.91 Å². The van der Waals surface area contributed by atoms with E-state index >= 15 is 0 Å². The molecule has 1 amide bonds. The molecule has 0 unspecified atom stereocenters. The molecule has 132 valence electrons. The molecule has 0 atom stereocenters. The van der Waals surface area contributed by atoms with Crippen molar-refractivity contribution in [2.75, 3.05) is 5.32 Å². The van der Waals surface area contributed by atoms with E-state index in [1.165, 1.54) is 0 Å². The van der Waals surface area contributed by atoms with E-state index in [1.54, 1.807) is 10.9 Å². The molecule has 0 aliphatic rings. The minimum Gasteiger partial charge on any atom is -0.322 e. The van der Waals surface area contributed by atoms with Gasteiger partial charge in [0.15, 0.2) is 5.82 Å². The van der Waals surface area contributed by atoms with Crippen molar-refractivity contribution in [1.82, 2.24) is 14.9 Å². The topological polar surface area (TPSA) is 75.1 Å². The number of carbonyl (C=O) groups excluding carboxylic acids is 1. The summed E-state index contributed by atoms with van der Waals surface area (Å²) in [6.45, 7) is 3.97. The molecule has 2 N–H and O–H groups in total. The lowest BCUT2D eigenvalue weighted by Gasteiger charge is -2.06. The van der Waals surface area contributed by atoms with Gasteiger partial charge in [-0.05, 0) is 49.0 Å². The minimum atomic E-state index is -0.149. The summed E-state index contributed by atoms with van der Waals surface area (Å²) in [7, 11) is 0. The molecule has 0 radical (unpaired) electrons. The highest BCUT2D eigenvalue weighted by Crippen LogP contribution is 2.12. The first-order valence-electron chi connectivity index (χ1n) is 8.25. The standard InChI is InChI=1S/C19H19N5OS/c1-3-17-22-23-19(26)24(17)20-12-14-5-4-6-16(11-14)21-18(25)15-9-7-13(2)8-10-15/h4-12H,3H2,1-2H3,(H,21,25)(H,23,26). The van der Waals surface area contributed by atoms with Crippen molar-refractivity contribution in [3.63, 3.8) is 0 Å². The zero-order chi connectivity index (χ0) is 18.5. The number of nitrogens with one attached hydrogen (secondary N) is 2. The molecule has 7 heteroatoms. The van der Waals surface area contributed by atoms with Gasteiger partial charge in [-0.15, -0.1) is 0 Å². The monoisotopic (exact) mass is 365 g/mol. The quantitative estimate of drug-likeness (QED) is 0.531. The highest BCUT2D eigenvalue weighted by Gasteiger charge is 2.06. The van der Waals surface area contributed by atoms with Crippen molar-refractivity contribution < 1.29 is 4.79 Å². The molecule has 2 aromatic carbocycles. The van der Waals surface area contributed by atoms with Crippen molar-refractivity contribution in [3.8, 4) is 0 Å². The van der Waals surface area contributed by atoms with Crippen LogP contribution in [0.2, 0.25) is 0 Å². The average Bonchev–Trinajstić information content (AvgIpc) is 3.00. The van der Waals surface area contributed by atoms with Gasteiger partial charge >= 0.3 is 0 Å². The molecule has 1 heterocycles. The van der Waals surface area contributed by atoms with Gasteiger partial charge in [0, 0.05) is 17.7 Å². The van der Waals surface area contributed by atoms with E-state index in [9.17, 15) is 4.79 Å². The van der Waals surface area contributed by atoms with Crippen LogP contribution in [-0.4, -0.2) is 27.0 Å². The predicted octanol–water partition coefficient (Wildman–Crippen LogP) is 3.95. The molecule has 0 fully saturated rings. The number of hydrogen-bond donors (Lipinski definition) is 2. The zero-order valence-corrected chi connectivity index (χ0v) is 15.4. The first-order chi connectivity index (χ1) is 12.6. The van der Waals surface area contributed by atoms with Gasteiger partial charge in [0.25, 0.3) is 5.91 Å². The molecule has 0 aliphatic carbocycles. The van der Waals surface area contributed by atoms with E-state index in [0.717, 1.165) is 23.4 Å². The first-order valence-corrected chi connectivity index (χ1v) is 8.66. The number of aromatic amines is 1. The molecule has 0 saturated carbocycles. The smallest absolute Gasteiger partial charge is 0.255 e. The largest absolute Gasteiger partial charge is 0.322 e. The van der Waals surface area contributed by atoms with Gasteiger partial charge in [-0.2, -0.15) is 14.9 Å². The van der Waals surface area contributed by atoms with Crippen molar-refractivity contribution in [1.29, 1.82) is 0 Å². The summed E-state index contributed by atoms with van der Waals surface area (Å²) in [4.78, 5) is 12.3. The van der Waals surface area contributed by atoms with Crippen LogP contribution in [-0.2, 0) is 6.42 Å². The van der Waals surface area contributed by atoms with Gasteiger partial charge < -0.3 is 5.32 Å². The van der Waals surface area contributed by atoms with Gasteiger partial charge in [0.05, 0.1) is 6.21 Å². The van der Waals surface area contributed by atoms with E-state index in [1.807, 2.05) is 62.4 Å². The summed E-state index contributed by atoms with van der Waals surface area (Å²) in [5.41, 5.74) is 3.28. The first kappa shape index (κ1) is 17.8. The fourth-order valence-electron chi connectivity index (χ4n) is 2.40. The number of benzene rings is 2. The summed E-state index contributed by atoms with van der Waals surface area (Å²) in [5, 5.41) is 14.1. The van der Waals surface area contributed by atoms with Gasteiger partial charge in [-0.3, -0.25) is 9.89 Å². The average molecular weight is 365 g/mol. The highest BCUT2D eigenvalue weighted by atomic mass is 32.1. The number of amides is 1. The molecule has 26 heavy (non-hydrogen) atoms. The predicted molar refractivity (Wildman–Crippen MR) is 105 cm³/mol. The lowest BCUT2D eigenvalue weighted by atomic mass is 10.1. The number of anilines is 1. The summed E-state index contributed by atoms with van der Waals surface area (Å²) >= 11 is 5.17. The second kappa shape index (κ2) is 7.88. The van der Waals surface area contributed by atoms with E-state index in [4.69, 9.17) is 12.2 Å².